The molecule has 0 bridgehead atoms. The third-order valence-electron chi connectivity index (χ3n) is 3.48. The van der Waals surface area contributed by atoms with E-state index >= 15 is 0 Å². The predicted octanol–water partition coefficient (Wildman–Crippen LogP) is 0.140. The van der Waals surface area contributed by atoms with E-state index in [0.29, 0.717) is 11.5 Å². The van der Waals surface area contributed by atoms with E-state index in [9.17, 15) is 14.4 Å². The van der Waals surface area contributed by atoms with Crippen LogP contribution in [0.15, 0.2) is 18.2 Å². The average molecular weight is 336 g/mol. The first kappa shape index (κ1) is 17.6. The molecule has 1 aliphatic heterocycles. The van der Waals surface area contributed by atoms with E-state index in [-0.39, 0.29) is 19.1 Å². The van der Waals surface area contributed by atoms with E-state index < -0.39 is 24.0 Å². The summed E-state index contributed by atoms with van der Waals surface area (Å²) in [4.78, 5) is 35.2. The molecule has 0 radical (unpaired) electrons. The SMILES string of the molecule is COC(=O)[C@@H](C)NC(=O)C(Cc1ccc2c(c1)OCO2)NC(C)=O. The van der Waals surface area contributed by atoms with Crippen molar-refractivity contribution in [3.05, 3.63) is 23.8 Å². The first-order chi connectivity index (χ1) is 11.4. The number of carbonyl (C=O) groups is 3. The molecule has 1 unspecified atom stereocenters. The fourth-order valence-corrected chi connectivity index (χ4v) is 2.31. The summed E-state index contributed by atoms with van der Waals surface area (Å²) < 4.78 is 15.1. The number of amides is 2. The molecule has 1 heterocycles. The fraction of sp³-hybridized carbons (Fsp3) is 0.438. The highest BCUT2D eigenvalue weighted by molar-refractivity contribution is 5.90. The van der Waals surface area contributed by atoms with E-state index in [0.717, 1.165) is 5.56 Å². The molecule has 8 heteroatoms. The summed E-state index contributed by atoms with van der Waals surface area (Å²) in [5.74, 6) is -0.147. The molecule has 0 saturated carbocycles. The van der Waals surface area contributed by atoms with Gasteiger partial charge < -0.3 is 24.8 Å². The molecule has 1 aromatic rings. The Kier molecular flexibility index (Phi) is 5.62. The molecule has 24 heavy (non-hydrogen) atoms. The van der Waals surface area contributed by atoms with Gasteiger partial charge >= 0.3 is 5.97 Å². The van der Waals surface area contributed by atoms with Gasteiger partial charge in [0.2, 0.25) is 18.6 Å². The van der Waals surface area contributed by atoms with Crippen LogP contribution in [0.2, 0.25) is 0 Å². The van der Waals surface area contributed by atoms with E-state index in [4.69, 9.17) is 9.47 Å². The number of methoxy groups -OCH3 is 1. The van der Waals surface area contributed by atoms with Crippen LogP contribution in [0.25, 0.3) is 0 Å². The average Bonchev–Trinajstić information content (AvgIpc) is 3.00. The fourth-order valence-electron chi connectivity index (χ4n) is 2.31. The lowest BCUT2D eigenvalue weighted by molar-refractivity contribution is -0.144. The lowest BCUT2D eigenvalue weighted by Crippen LogP contribution is -2.51. The summed E-state index contributed by atoms with van der Waals surface area (Å²) in [6, 6.07) is 3.66. The van der Waals surface area contributed by atoms with Gasteiger partial charge in [-0.1, -0.05) is 6.07 Å². The summed E-state index contributed by atoms with van der Waals surface area (Å²) in [6.07, 6.45) is 0.246. The molecule has 1 aromatic carbocycles. The van der Waals surface area contributed by atoms with Crippen LogP contribution in [0.3, 0.4) is 0 Å². The molecule has 0 spiro atoms. The van der Waals surface area contributed by atoms with Gasteiger partial charge in [0.05, 0.1) is 7.11 Å². The largest absolute Gasteiger partial charge is 0.467 e. The number of fused-ring (bicyclic) bond motifs is 1. The van der Waals surface area contributed by atoms with Crippen LogP contribution in [0.5, 0.6) is 11.5 Å². The second-order valence-electron chi connectivity index (χ2n) is 5.40. The van der Waals surface area contributed by atoms with Gasteiger partial charge in [-0.15, -0.1) is 0 Å². The third kappa shape index (κ3) is 4.37. The summed E-state index contributed by atoms with van der Waals surface area (Å²) in [5.41, 5.74) is 0.791. The number of nitrogens with one attached hydrogen (secondary N) is 2. The maximum absolute atomic E-state index is 12.4. The molecule has 2 atom stereocenters. The van der Waals surface area contributed by atoms with Gasteiger partial charge in [-0.2, -0.15) is 0 Å². The maximum atomic E-state index is 12.4. The molecule has 1 aliphatic rings. The smallest absolute Gasteiger partial charge is 0.328 e. The summed E-state index contributed by atoms with van der Waals surface area (Å²) in [7, 11) is 1.24. The van der Waals surface area contributed by atoms with Crippen LogP contribution in [0.1, 0.15) is 19.4 Å². The molecule has 2 rings (SSSR count). The minimum atomic E-state index is -0.824. The zero-order chi connectivity index (χ0) is 17.7. The van der Waals surface area contributed by atoms with Gasteiger partial charge in [-0.05, 0) is 24.6 Å². The Morgan fingerprint density at radius 1 is 1.21 bits per heavy atom. The van der Waals surface area contributed by atoms with Crippen LogP contribution in [0.4, 0.5) is 0 Å². The normalized spacial score (nSPS) is 14.5. The highest BCUT2D eigenvalue weighted by atomic mass is 16.7. The van der Waals surface area contributed by atoms with Crippen molar-refractivity contribution < 1.29 is 28.6 Å². The zero-order valence-corrected chi connectivity index (χ0v) is 13.8. The minimum Gasteiger partial charge on any atom is -0.467 e. The van der Waals surface area contributed by atoms with Crippen LogP contribution in [-0.4, -0.2) is 43.8 Å². The molecule has 0 aliphatic carbocycles. The number of hydrogen-bond donors (Lipinski definition) is 2. The minimum absolute atomic E-state index is 0.158. The Morgan fingerprint density at radius 2 is 1.92 bits per heavy atom. The molecular formula is C16H20N2O6. The van der Waals surface area contributed by atoms with Crippen molar-refractivity contribution in [3.8, 4) is 11.5 Å². The molecule has 0 saturated heterocycles. The molecular weight excluding hydrogens is 316 g/mol. The van der Waals surface area contributed by atoms with Gasteiger partial charge in [0.1, 0.15) is 12.1 Å². The van der Waals surface area contributed by atoms with Crippen LogP contribution < -0.4 is 20.1 Å². The van der Waals surface area contributed by atoms with Crippen molar-refractivity contribution >= 4 is 17.8 Å². The summed E-state index contributed by atoms with van der Waals surface area (Å²) in [6.45, 7) is 2.99. The van der Waals surface area contributed by atoms with Gasteiger partial charge in [0.15, 0.2) is 11.5 Å². The van der Waals surface area contributed by atoms with E-state index in [2.05, 4.69) is 15.4 Å². The van der Waals surface area contributed by atoms with Gasteiger partial charge in [-0.25, -0.2) is 4.79 Å². The Hall–Kier alpha value is -2.77. The van der Waals surface area contributed by atoms with Crippen molar-refractivity contribution in [1.82, 2.24) is 10.6 Å². The van der Waals surface area contributed by atoms with Crippen molar-refractivity contribution in [3.63, 3.8) is 0 Å². The number of carbonyl (C=O) groups excluding carboxylic acids is 3. The lowest BCUT2D eigenvalue weighted by Gasteiger charge is -2.20. The highest BCUT2D eigenvalue weighted by Gasteiger charge is 2.25. The Bertz CT molecular complexity index is 645. The number of esters is 1. The highest BCUT2D eigenvalue weighted by Crippen LogP contribution is 2.32. The van der Waals surface area contributed by atoms with Gasteiger partial charge in [0.25, 0.3) is 0 Å². The van der Waals surface area contributed by atoms with Crippen molar-refractivity contribution in [2.24, 2.45) is 0 Å². The Balaban J connectivity index is 2.08. The molecule has 130 valence electrons. The Morgan fingerprint density at radius 3 is 2.58 bits per heavy atom. The second kappa shape index (κ2) is 7.67. The van der Waals surface area contributed by atoms with Crippen LogP contribution in [0, 0.1) is 0 Å². The molecule has 2 amide bonds. The molecule has 8 nitrogen and oxygen atoms in total. The molecule has 0 aromatic heterocycles. The van der Waals surface area contributed by atoms with Crippen molar-refractivity contribution in [2.75, 3.05) is 13.9 Å². The number of benzene rings is 1. The predicted molar refractivity (Wildman–Crippen MR) is 83.5 cm³/mol. The van der Waals surface area contributed by atoms with Gasteiger partial charge in [0, 0.05) is 13.3 Å². The molecule has 0 fully saturated rings. The monoisotopic (exact) mass is 336 g/mol. The lowest BCUT2D eigenvalue weighted by atomic mass is 10.0. The van der Waals surface area contributed by atoms with Crippen LogP contribution in [-0.2, 0) is 25.5 Å². The zero-order valence-electron chi connectivity index (χ0n) is 13.8. The first-order valence-electron chi connectivity index (χ1n) is 7.44. The topological polar surface area (TPSA) is 103 Å². The van der Waals surface area contributed by atoms with Crippen molar-refractivity contribution in [1.29, 1.82) is 0 Å². The van der Waals surface area contributed by atoms with E-state index in [1.165, 1.54) is 21.0 Å². The summed E-state index contributed by atoms with van der Waals surface area (Å²) in [5, 5.41) is 5.11. The third-order valence-corrected chi connectivity index (χ3v) is 3.48. The Labute approximate surface area is 139 Å². The standard InChI is InChI=1S/C16H20N2O6/c1-9(16(21)22-3)17-15(20)12(18-10(2)19)6-11-4-5-13-14(7-11)24-8-23-13/h4-5,7,9,12H,6,8H2,1-3H3,(H,17,20)(H,18,19)/t9-,12?/m1/s1. The van der Waals surface area contributed by atoms with Gasteiger partial charge in [-0.3, -0.25) is 9.59 Å². The maximum Gasteiger partial charge on any atom is 0.328 e. The van der Waals surface area contributed by atoms with E-state index in [1.54, 1.807) is 18.2 Å². The molecule has 2 N–H and O–H groups in total. The second-order valence-corrected chi connectivity index (χ2v) is 5.40. The summed E-state index contributed by atoms with van der Waals surface area (Å²) >= 11 is 0. The number of ether oxygens (including phenoxy) is 3. The first-order valence-corrected chi connectivity index (χ1v) is 7.44. The van der Waals surface area contributed by atoms with Crippen LogP contribution >= 0.6 is 0 Å². The number of rotatable bonds is 6. The quantitative estimate of drug-likeness (QED) is 0.717. The van der Waals surface area contributed by atoms with Crippen molar-refractivity contribution in [2.45, 2.75) is 32.4 Å². The number of hydrogen-bond acceptors (Lipinski definition) is 6. The van der Waals surface area contributed by atoms with E-state index in [1.807, 2.05) is 0 Å².